The Balaban J connectivity index is 1.54. The van der Waals surface area contributed by atoms with Gasteiger partial charge < -0.3 is 14.8 Å². The number of hydrogen-bond acceptors (Lipinski definition) is 4. The van der Waals surface area contributed by atoms with Gasteiger partial charge in [-0.25, -0.2) is 0 Å². The molecule has 4 heteroatoms. The Morgan fingerprint density at radius 3 is 3.00 bits per heavy atom. The highest BCUT2D eigenvalue weighted by atomic mass is 16.5. The second-order valence-corrected chi connectivity index (χ2v) is 4.82. The average Bonchev–Trinajstić information content (AvgIpc) is 3.27. The lowest BCUT2D eigenvalue weighted by molar-refractivity contribution is -0.145. The van der Waals surface area contributed by atoms with Crippen LogP contribution in [0, 0.1) is 5.92 Å². The first-order valence-corrected chi connectivity index (χ1v) is 6.80. The fourth-order valence-electron chi connectivity index (χ4n) is 1.82. The van der Waals surface area contributed by atoms with Crippen LogP contribution in [-0.2, 0) is 16.1 Å². The fraction of sp³-hybridized carbons (Fsp3) is 0.533. The fourth-order valence-corrected chi connectivity index (χ4v) is 1.82. The highest BCUT2D eigenvalue weighted by Crippen LogP contribution is 2.29. The van der Waals surface area contributed by atoms with Gasteiger partial charge in [0.2, 0.25) is 0 Å². The zero-order valence-electron chi connectivity index (χ0n) is 11.4. The molecule has 1 fully saturated rings. The van der Waals surface area contributed by atoms with E-state index in [9.17, 15) is 4.79 Å². The predicted octanol–water partition coefficient (Wildman–Crippen LogP) is 2.13. The summed E-state index contributed by atoms with van der Waals surface area (Å²) in [7, 11) is 1.67. The van der Waals surface area contributed by atoms with E-state index in [0.29, 0.717) is 6.61 Å². The maximum Gasteiger partial charge on any atom is 0.308 e. The van der Waals surface area contributed by atoms with Crippen LogP contribution in [0.1, 0.15) is 24.8 Å². The van der Waals surface area contributed by atoms with Crippen LogP contribution < -0.4 is 10.1 Å². The molecule has 2 rings (SSSR count). The monoisotopic (exact) mass is 263 g/mol. The van der Waals surface area contributed by atoms with Gasteiger partial charge in [-0.05, 0) is 43.5 Å². The number of carbonyl (C=O) groups is 1. The maximum atomic E-state index is 11.3. The van der Waals surface area contributed by atoms with Crippen LogP contribution >= 0.6 is 0 Å². The number of ether oxygens (including phenoxy) is 2. The summed E-state index contributed by atoms with van der Waals surface area (Å²) in [5, 5.41) is 3.32. The molecule has 0 saturated heterocycles. The molecule has 0 aromatic heterocycles. The third-order valence-electron chi connectivity index (χ3n) is 3.12. The molecule has 1 aromatic rings. The summed E-state index contributed by atoms with van der Waals surface area (Å²) in [6.45, 7) is 2.16. The van der Waals surface area contributed by atoms with E-state index in [2.05, 4.69) is 11.4 Å². The molecular formula is C15H21NO3. The van der Waals surface area contributed by atoms with E-state index in [0.717, 1.165) is 38.1 Å². The van der Waals surface area contributed by atoms with Crippen molar-refractivity contribution in [2.24, 2.45) is 5.92 Å². The van der Waals surface area contributed by atoms with Crippen LogP contribution in [0.15, 0.2) is 24.3 Å². The Morgan fingerprint density at radius 1 is 1.42 bits per heavy atom. The number of benzene rings is 1. The molecule has 4 nitrogen and oxygen atoms in total. The molecule has 0 aliphatic heterocycles. The van der Waals surface area contributed by atoms with Crippen LogP contribution in [0.5, 0.6) is 5.75 Å². The molecule has 1 aliphatic carbocycles. The van der Waals surface area contributed by atoms with Crippen molar-refractivity contribution in [1.29, 1.82) is 0 Å². The van der Waals surface area contributed by atoms with Gasteiger partial charge in [0.05, 0.1) is 19.6 Å². The minimum atomic E-state index is -0.0206. The van der Waals surface area contributed by atoms with Crippen molar-refractivity contribution in [3.8, 4) is 5.75 Å². The molecule has 104 valence electrons. The lowest BCUT2D eigenvalue weighted by Crippen LogP contribution is -2.17. The molecule has 0 spiro atoms. The van der Waals surface area contributed by atoms with Gasteiger partial charge in [-0.2, -0.15) is 0 Å². The number of rotatable bonds is 8. The van der Waals surface area contributed by atoms with E-state index in [1.54, 1.807) is 7.11 Å². The van der Waals surface area contributed by atoms with Gasteiger partial charge in [0.1, 0.15) is 5.75 Å². The van der Waals surface area contributed by atoms with Crippen molar-refractivity contribution in [3.63, 3.8) is 0 Å². The molecule has 0 bridgehead atoms. The molecule has 1 aliphatic rings. The lowest BCUT2D eigenvalue weighted by Gasteiger charge is -2.07. The van der Waals surface area contributed by atoms with Crippen LogP contribution in [0.4, 0.5) is 0 Å². The lowest BCUT2D eigenvalue weighted by atomic mass is 10.2. The van der Waals surface area contributed by atoms with Crippen molar-refractivity contribution < 1.29 is 14.3 Å². The highest BCUT2D eigenvalue weighted by Gasteiger charge is 2.30. The van der Waals surface area contributed by atoms with Crippen molar-refractivity contribution in [2.45, 2.75) is 25.8 Å². The maximum absolute atomic E-state index is 11.3. The van der Waals surface area contributed by atoms with Crippen LogP contribution in [0.2, 0.25) is 0 Å². The van der Waals surface area contributed by atoms with Gasteiger partial charge >= 0.3 is 5.97 Å². The number of nitrogens with one attached hydrogen (secondary N) is 1. The SMILES string of the molecule is COc1cccc(CNCCCOC(=O)C2CC2)c1. The van der Waals surface area contributed by atoms with Gasteiger partial charge in [0.25, 0.3) is 0 Å². The minimum absolute atomic E-state index is 0.0206. The summed E-state index contributed by atoms with van der Waals surface area (Å²) in [4.78, 5) is 11.3. The zero-order chi connectivity index (χ0) is 13.5. The second kappa shape index (κ2) is 7.14. The quantitative estimate of drug-likeness (QED) is 0.576. The molecule has 0 amide bonds. The summed E-state index contributed by atoms with van der Waals surface area (Å²) in [6, 6.07) is 7.98. The van der Waals surface area contributed by atoms with E-state index in [-0.39, 0.29) is 11.9 Å². The van der Waals surface area contributed by atoms with Crippen molar-refractivity contribution in [3.05, 3.63) is 29.8 Å². The van der Waals surface area contributed by atoms with Crippen molar-refractivity contribution >= 4 is 5.97 Å². The first kappa shape index (κ1) is 13.9. The molecule has 1 N–H and O–H groups in total. The van der Waals surface area contributed by atoms with E-state index in [1.807, 2.05) is 18.2 Å². The molecular weight excluding hydrogens is 242 g/mol. The van der Waals surface area contributed by atoms with Gasteiger partial charge in [-0.15, -0.1) is 0 Å². The Morgan fingerprint density at radius 2 is 2.26 bits per heavy atom. The van der Waals surface area contributed by atoms with E-state index in [4.69, 9.17) is 9.47 Å². The normalized spacial score (nSPS) is 14.2. The summed E-state index contributed by atoms with van der Waals surface area (Å²) >= 11 is 0. The summed E-state index contributed by atoms with van der Waals surface area (Å²) in [5.74, 6) is 1.05. The zero-order valence-corrected chi connectivity index (χ0v) is 11.4. The Kier molecular flexibility index (Phi) is 5.21. The number of methoxy groups -OCH3 is 1. The first-order valence-electron chi connectivity index (χ1n) is 6.80. The standard InChI is InChI=1S/C15H21NO3/c1-18-14-5-2-4-12(10-14)11-16-8-3-9-19-15(17)13-6-7-13/h2,4-5,10,13,16H,3,6-9,11H2,1H3. The molecule has 19 heavy (non-hydrogen) atoms. The minimum Gasteiger partial charge on any atom is -0.497 e. The Bertz CT molecular complexity index is 416. The first-order chi connectivity index (χ1) is 9.29. The smallest absolute Gasteiger partial charge is 0.308 e. The highest BCUT2D eigenvalue weighted by molar-refractivity contribution is 5.74. The van der Waals surface area contributed by atoms with Crippen LogP contribution in [0.25, 0.3) is 0 Å². The van der Waals surface area contributed by atoms with Crippen LogP contribution in [-0.4, -0.2) is 26.2 Å². The third kappa shape index (κ3) is 4.91. The predicted molar refractivity (Wildman–Crippen MR) is 73.0 cm³/mol. The van der Waals surface area contributed by atoms with E-state index >= 15 is 0 Å². The van der Waals surface area contributed by atoms with Gasteiger partial charge in [0.15, 0.2) is 0 Å². The molecule has 0 heterocycles. The molecule has 1 saturated carbocycles. The second-order valence-electron chi connectivity index (χ2n) is 4.82. The third-order valence-corrected chi connectivity index (χ3v) is 3.12. The molecule has 0 unspecified atom stereocenters. The van der Waals surface area contributed by atoms with Crippen molar-refractivity contribution in [1.82, 2.24) is 5.32 Å². The Labute approximate surface area is 114 Å². The molecule has 0 radical (unpaired) electrons. The number of carbonyl (C=O) groups excluding carboxylic acids is 1. The molecule has 0 atom stereocenters. The van der Waals surface area contributed by atoms with Gasteiger partial charge in [0, 0.05) is 6.54 Å². The van der Waals surface area contributed by atoms with E-state index < -0.39 is 0 Å². The van der Waals surface area contributed by atoms with Gasteiger partial charge in [-0.1, -0.05) is 12.1 Å². The number of hydrogen-bond donors (Lipinski definition) is 1. The van der Waals surface area contributed by atoms with Crippen LogP contribution in [0.3, 0.4) is 0 Å². The summed E-state index contributed by atoms with van der Waals surface area (Å²) in [6.07, 6.45) is 2.86. The van der Waals surface area contributed by atoms with Gasteiger partial charge in [-0.3, -0.25) is 4.79 Å². The molecule has 1 aromatic carbocycles. The van der Waals surface area contributed by atoms with Crippen molar-refractivity contribution in [2.75, 3.05) is 20.3 Å². The topological polar surface area (TPSA) is 47.6 Å². The summed E-state index contributed by atoms with van der Waals surface area (Å²) in [5.41, 5.74) is 1.19. The Hall–Kier alpha value is -1.55. The number of esters is 1. The summed E-state index contributed by atoms with van der Waals surface area (Å²) < 4.78 is 10.3. The largest absolute Gasteiger partial charge is 0.497 e. The average molecular weight is 263 g/mol. The van der Waals surface area contributed by atoms with E-state index in [1.165, 1.54) is 5.56 Å².